The average molecular weight is 342 g/mol. The monoisotopic (exact) mass is 342 g/mol. The maximum absolute atomic E-state index is 13.3. The van der Waals surface area contributed by atoms with Crippen molar-refractivity contribution in [2.45, 2.75) is 39.5 Å². The van der Waals surface area contributed by atoms with Crippen LogP contribution in [0.3, 0.4) is 0 Å². The second-order valence-electron chi connectivity index (χ2n) is 7.75. The summed E-state index contributed by atoms with van der Waals surface area (Å²) >= 11 is 0. The number of fused-ring (bicyclic) bond motifs is 2. The molecule has 6 heteroatoms. The molecule has 0 unspecified atom stereocenters. The van der Waals surface area contributed by atoms with E-state index >= 15 is 0 Å². The normalized spacial score (nSPS) is 23.9. The van der Waals surface area contributed by atoms with Crippen LogP contribution in [0.4, 0.5) is 0 Å². The summed E-state index contributed by atoms with van der Waals surface area (Å²) in [5.74, 6) is 1.74. The molecule has 4 rings (SSSR count). The quantitative estimate of drug-likeness (QED) is 0.908. The molecule has 0 spiro atoms. The van der Waals surface area contributed by atoms with Crippen molar-refractivity contribution in [2.24, 2.45) is 11.8 Å². The lowest BCUT2D eigenvalue weighted by Gasteiger charge is -2.22. The molecule has 0 aliphatic carbocycles. The molecule has 1 N–H and O–H groups in total. The van der Waals surface area contributed by atoms with E-state index in [0.29, 0.717) is 23.1 Å². The Balaban J connectivity index is 1.68. The number of likely N-dealkylation sites (tertiary alicyclic amines) is 1. The predicted octanol–water partition coefficient (Wildman–Crippen LogP) is 2.73. The van der Waals surface area contributed by atoms with Gasteiger partial charge in [-0.2, -0.15) is 0 Å². The SMILES string of the molecule is Cc1noc2nc(C(C)C)cc(C(=O)N3CC[C@@H]4CNC[C@@H]4CC3)c12. The van der Waals surface area contributed by atoms with Crippen LogP contribution in [-0.4, -0.2) is 47.1 Å². The van der Waals surface area contributed by atoms with Crippen molar-refractivity contribution in [3.8, 4) is 0 Å². The Bertz CT molecular complexity index is 784. The van der Waals surface area contributed by atoms with E-state index in [1.54, 1.807) is 0 Å². The van der Waals surface area contributed by atoms with Gasteiger partial charge < -0.3 is 14.7 Å². The van der Waals surface area contributed by atoms with Gasteiger partial charge in [-0.1, -0.05) is 19.0 Å². The van der Waals surface area contributed by atoms with Crippen molar-refractivity contribution in [3.05, 3.63) is 23.0 Å². The van der Waals surface area contributed by atoms with Crippen molar-refractivity contribution in [1.29, 1.82) is 0 Å². The van der Waals surface area contributed by atoms with Crippen LogP contribution in [0.2, 0.25) is 0 Å². The van der Waals surface area contributed by atoms with E-state index in [4.69, 9.17) is 4.52 Å². The first kappa shape index (κ1) is 16.5. The Morgan fingerprint density at radius 1 is 1.28 bits per heavy atom. The first-order chi connectivity index (χ1) is 12.0. The standard InChI is InChI=1S/C19H26N4O2/c1-11(2)16-8-15(17-12(3)22-25-18(17)21-16)19(24)23-6-4-13-9-20-10-14(13)5-7-23/h8,11,13-14,20H,4-7,9-10H2,1-3H3/t13-,14+. The highest BCUT2D eigenvalue weighted by molar-refractivity contribution is 6.06. The molecule has 2 saturated heterocycles. The van der Waals surface area contributed by atoms with Gasteiger partial charge in [-0.25, -0.2) is 4.98 Å². The van der Waals surface area contributed by atoms with Crippen LogP contribution in [0.1, 0.15) is 54.4 Å². The Morgan fingerprint density at radius 2 is 1.96 bits per heavy atom. The summed E-state index contributed by atoms with van der Waals surface area (Å²) in [4.78, 5) is 19.9. The number of pyridine rings is 1. The number of aryl methyl sites for hydroxylation is 1. The molecule has 2 aliphatic rings. The summed E-state index contributed by atoms with van der Waals surface area (Å²) < 4.78 is 5.36. The third-order valence-corrected chi connectivity index (χ3v) is 5.77. The number of carbonyl (C=O) groups is 1. The van der Waals surface area contributed by atoms with Crippen LogP contribution in [0.25, 0.3) is 11.1 Å². The molecule has 2 aromatic rings. The Kier molecular flexibility index (Phi) is 4.23. The van der Waals surface area contributed by atoms with E-state index in [2.05, 4.69) is 29.3 Å². The molecule has 6 nitrogen and oxygen atoms in total. The number of nitrogens with zero attached hydrogens (tertiary/aromatic N) is 3. The largest absolute Gasteiger partial charge is 0.339 e. The van der Waals surface area contributed by atoms with Crippen molar-refractivity contribution < 1.29 is 9.32 Å². The fraction of sp³-hybridized carbons (Fsp3) is 0.632. The zero-order valence-electron chi connectivity index (χ0n) is 15.2. The maximum atomic E-state index is 13.3. The summed E-state index contributed by atoms with van der Waals surface area (Å²) in [7, 11) is 0. The van der Waals surface area contributed by atoms with Gasteiger partial charge in [-0.15, -0.1) is 0 Å². The van der Waals surface area contributed by atoms with Crippen LogP contribution >= 0.6 is 0 Å². The summed E-state index contributed by atoms with van der Waals surface area (Å²) in [6, 6.07) is 1.94. The number of hydrogen-bond donors (Lipinski definition) is 1. The minimum atomic E-state index is 0.0912. The molecular weight excluding hydrogens is 316 g/mol. The Labute approximate surface area is 148 Å². The van der Waals surface area contributed by atoms with Gasteiger partial charge in [0.05, 0.1) is 16.6 Å². The zero-order valence-corrected chi connectivity index (χ0v) is 15.2. The second kappa shape index (κ2) is 6.41. The van der Waals surface area contributed by atoms with Crippen molar-refractivity contribution >= 4 is 17.0 Å². The first-order valence-electron chi connectivity index (χ1n) is 9.31. The Morgan fingerprint density at radius 3 is 2.60 bits per heavy atom. The van der Waals surface area contributed by atoms with Gasteiger partial charge in [0.25, 0.3) is 11.6 Å². The number of carbonyl (C=O) groups excluding carboxylic acids is 1. The van der Waals surface area contributed by atoms with Crippen LogP contribution in [-0.2, 0) is 0 Å². The van der Waals surface area contributed by atoms with Gasteiger partial charge in [0.2, 0.25) is 0 Å². The lowest BCUT2D eigenvalue weighted by atomic mass is 9.92. The van der Waals surface area contributed by atoms with E-state index in [-0.39, 0.29) is 11.8 Å². The summed E-state index contributed by atoms with van der Waals surface area (Å²) in [6.07, 6.45) is 2.16. The minimum absolute atomic E-state index is 0.0912. The molecule has 134 valence electrons. The minimum Gasteiger partial charge on any atom is -0.339 e. The van der Waals surface area contributed by atoms with Gasteiger partial charge in [0.15, 0.2) is 0 Å². The highest BCUT2D eigenvalue weighted by Gasteiger charge is 2.32. The number of aromatic nitrogens is 2. The molecule has 4 heterocycles. The highest BCUT2D eigenvalue weighted by atomic mass is 16.5. The Hall–Kier alpha value is -1.95. The number of amides is 1. The third-order valence-electron chi connectivity index (χ3n) is 5.77. The van der Waals surface area contributed by atoms with Gasteiger partial charge in [0.1, 0.15) is 0 Å². The molecule has 1 amide bonds. The van der Waals surface area contributed by atoms with Gasteiger partial charge >= 0.3 is 0 Å². The fourth-order valence-corrected chi connectivity index (χ4v) is 4.17. The molecule has 2 aromatic heterocycles. The second-order valence-corrected chi connectivity index (χ2v) is 7.75. The molecule has 2 fully saturated rings. The molecule has 0 bridgehead atoms. The lowest BCUT2D eigenvalue weighted by molar-refractivity contribution is 0.0760. The zero-order chi connectivity index (χ0) is 17.6. The topological polar surface area (TPSA) is 71.3 Å². The highest BCUT2D eigenvalue weighted by Crippen LogP contribution is 2.30. The maximum Gasteiger partial charge on any atom is 0.259 e. The van der Waals surface area contributed by atoms with E-state index in [9.17, 15) is 4.79 Å². The molecule has 2 aliphatic heterocycles. The summed E-state index contributed by atoms with van der Waals surface area (Å²) in [6.45, 7) is 9.86. The smallest absolute Gasteiger partial charge is 0.259 e. The van der Waals surface area contributed by atoms with Crippen LogP contribution < -0.4 is 5.32 Å². The van der Waals surface area contributed by atoms with E-state index < -0.39 is 0 Å². The van der Waals surface area contributed by atoms with Crippen molar-refractivity contribution in [1.82, 2.24) is 20.4 Å². The molecule has 25 heavy (non-hydrogen) atoms. The molecule has 2 atom stereocenters. The molecule has 0 radical (unpaired) electrons. The van der Waals surface area contributed by atoms with E-state index in [0.717, 1.165) is 55.8 Å². The van der Waals surface area contributed by atoms with Crippen molar-refractivity contribution in [3.63, 3.8) is 0 Å². The van der Waals surface area contributed by atoms with E-state index in [1.165, 1.54) is 0 Å². The van der Waals surface area contributed by atoms with Gasteiger partial charge in [-0.05, 0) is 56.7 Å². The summed E-state index contributed by atoms with van der Waals surface area (Å²) in [5.41, 5.74) is 2.78. The molecule has 0 saturated carbocycles. The summed E-state index contributed by atoms with van der Waals surface area (Å²) in [5, 5.41) is 8.28. The third kappa shape index (κ3) is 2.92. The number of hydrogen-bond acceptors (Lipinski definition) is 5. The fourth-order valence-electron chi connectivity index (χ4n) is 4.17. The van der Waals surface area contributed by atoms with Gasteiger partial charge in [0, 0.05) is 18.8 Å². The van der Waals surface area contributed by atoms with E-state index in [1.807, 2.05) is 17.9 Å². The first-order valence-corrected chi connectivity index (χ1v) is 9.31. The van der Waals surface area contributed by atoms with Crippen molar-refractivity contribution in [2.75, 3.05) is 26.2 Å². The number of rotatable bonds is 2. The molecular formula is C19H26N4O2. The predicted molar refractivity (Wildman–Crippen MR) is 95.6 cm³/mol. The van der Waals surface area contributed by atoms with Crippen LogP contribution in [0.15, 0.2) is 10.6 Å². The van der Waals surface area contributed by atoms with Crippen LogP contribution in [0.5, 0.6) is 0 Å². The van der Waals surface area contributed by atoms with Gasteiger partial charge in [-0.3, -0.25) is 4.79 Å². The lowest BCUT2D eigenvalue weighted by Crippen LogP contribution is -2.33. The average Bonchev–Trinajstić information content (AvgIpc) is 3.15. The number of nitrogens with one attached hydrogen (secondary N) is 1. The van der Waals surface area contributed by atoms with Crippen LogP contribution in [0, 0.1) is 18.8 Å². The molecule has 0 aromatic carbocycles.